The molecule has 0 radical (unpaired) electrons. The molecular formula is C20H22BrFN2O4. The van der Waals surface area contributed by atoms with Crippen LogP contribution in [0.25, 0.3) is 6.08 Å². The van der Waals surface area contributed by atoms with E-state index in [2.05, 4.69) is 26.6 Å². The molecule has 1 aromatic carbocycles. The zero-order chi connectivity index (χ0) is 20.5. The van der Waals surface area contributed by atoms with E-state index in [-0.39, 0.29) is 24.2 Å². The number of hydrogen-bond donors (Lipinski definition) is 2. The van der Waals surface area contributed by atoms with E-state index in [1.807, 2.05) is 0 Å². The second-order valence-electron chi connectivity index (χ2n) is 6.25. The van der Waals surface area contributed by atoms with Crippen molar-refractivity contribution in [2.75, 3.05) is 13.2 Å². The Morgan fingerprint density at radius 2 is 2.21 bits per heavy atom. The third-order valence-electron chi connectivity index (χ3n) is 4.15. The summed E-state index contributed by atoms with van der Waals surface area (Å²) in [5.41, 5.74) is 0.650. The van der Waals surface area contributed by atoms with Crippen LogP contribution in [0.2, 0.25) is 0 Å². The first-order chi connectivity index (χ1) is 13.4. The van der Waals surface area contributed by atoms with Crippen molar-refractivity contribution in [3.8, 4) is 0 Å². The third-order valence-corrected chi connectivity index (χ3v) is 4.76. The predicted octanol–water partition coefficient (Wildman–Crippen LogP) is 2.73. The Morgan fingerprint density at radius 3 is 2.86 bits per heavy atom. The summed E-state index contributed by atoms with van der Waals surface area (Å²) in [6, 6.07) is 3.89. The number of nitrogens with one attached hydrogen (secondary N) is 2. The molecule has 1 aliphatic rings. The maximum absolute atomic E-state index is 13.3. The number of esters is 1. The van der Waals surface area contributed by atoms with Crippen LogP contribution in [-0.4, -0.2) is 37.0 Å². The molecule has 6 nitrogen and oxygen atoms in total. The van der Waals surface area contributed by atoms with E-state index in [4.69, 9.17) is 4.74 Å². The lowest BCUT2D eigenvalue weighted by Gasteiger charge is -2.17. The molecule has 150 valence electrons. The summed E-state index contributed by atoms with van der Waals surface area (Å²) < 4.78 is 18.4. The molecule has 2 N–H and O–H groups in total. The zero-order valence-corrected chi connectivity index (χ0v) is 17.0. The van der Waals surface area contributed by atoms with Crippen molar-refractivity contribution in [3.05, 3.63) is 52.3 Å². The fraction of sp³-hybridized carbons (Fsp3) is 0.350. The summed E-state index contributed by atoms with van der Waals surface area (Å²) in [6.07, 6.45) is 6.71. The third kappa shape index (κ3) is 6.92. The first kappa shape index (κ1) is 21.8. The smallest absolute Gasteiger partial charge is 0.330 e. The molecule has 2 atom stereocenters. The minimum absolute atomic E-state index is 0.0597. The Bertz CT molecular complexity index is 794. The van der Waals surface area contributed by atoms with Crippen LogP contribution in [0.3, 0.4) is 0 Å². The van der Waals surface area contributed by atoms with Gasteiger partial charge in [-0.2, -0.15) is 0 Å². The average molecular weight is 453 g/mol. The first-order valence-corrected chi connectivity index (χ1v) is 9.74. The number of carbonyl (C=O) groups is 3. The molecule has 1 saturated heterocycles. The Balaban J connectivity index is 2.03. The SMILES string of the molecule is CCOC(=O)C=C[C@H](C[C@@H]1CCNC1=O)NC(=O)C=Cc1ccc(F)c(Br)c1. The summed E-state index contributed by atoms with van der Waals surface area (Å²) in [5, 5.41) is 5.53. The van der Waals surface area contributed by atoms with Crippen molar-refractivity contribution >= 4 is 39.8 Å². The van der Waals surface area contributed by atoms with Crippen LogP contribution in [-0.2, 0) is 19.1 Å². The summed E-state index contributed by atoms with van der Waals surface area (Å²) in [5.74, 6) is -1.58. The average Bonchev–Trinajstić information content (AvgIpc) is 3.05. The standard InChI is InChI=1S/C20H22BrFN2O4/c1-2-28-19(26)8-5-15(12-14-9-10-23-20(14)27)24-18(25)7-4-13-3-6-17(22)16(21)11-13/h3-8,11,14-15H,2,9-10,12H2,1H3,(H,23,27)(H,24,25)/t14-,15+/m0/s1. The number of carbonyl (C=O) groups excluding carboxylic acids is 3. The largest absolute Gasteiger partial charge is 0.463 e. The minimum Gasteiger partial charge on any atom is -0.463 e. The second kappa shape index (κ2) is 10.8. The van der Waals surface area contributed by atoms with E-state index in [0.29, 0.717) is 29.4 Å². The van der Waals surface area contributed by atoms with Gasteiger partial charge >= 0.3 is 5.97 Å². The van der Waals surface area contributed by atoms with Gasteiger partial charge in [-0.25, -0.2) is 9.18 Å². The van der Waals surface area contributed by atoms with Gasteiger partial charge in [-0.05, 0) is 59.5 Å². The molecule has 1 aromatic rings. The van der Waals surface area contributed by atoms with Gasteiger partial charge in [0.2, 0.25) is 11.8 Å². The monoisotopic (exact) mass is 452 g/mol. The number of rotatable bonds is 8. The van der Waals surface area contributed by atoms with Crippen LogP contribution < -0.4 is 10.6 Å². The Labute approximate surface area is 171 Å². The van der Waals surface area contributed by atoms with E-state index in [9.17, 15) is 18.8 Å². The highest BCUT2D eigenvalue weighted by molar-refractivity contribution is 9.10. The highest BCUT2D eigenvalue weighted by Gasteiger charge is 2.26. The summed E-state index contributed by atoms with van der Waals surface area (Å²) in [4.78, 5) is 35.6. The normalized spacial score (nSPS) is 17.7. The van der Waals surface area contributed by atoms with Crippen molar-refractivity contribution in [1.82, 2.24) is 10.6 Å². The second-order valence-corrected chi connectivity index (χ2v) is 7.10. The summed E-state index contributed by atoms with van der Waals surface area (Å²) >= 11 is 3.09. The number of halogens is 2. The maximum Gasteiger partial charge on any atom is 0.330 e. The van der Waals surface area contributed by atoms with Crippen molar-refractivity contribution in [3.63, 3.8) is 0 Å². The van der Waals surface area contributed by atoms with E-state index in [1.165, 1.54) is 24.3 Å². The van der Waals surface area contributed by atoms with Crippen LogP contribution in [0.1, 0.15) is 25.3 Å². The predicted molar refractivity (Wildman–Crippen MR) is 107 cm³/mol. The zero-order valence-electron chi connectivity index (χ0n) is 15.4. The van der Waals surface area contributed by atoms with Crippen molar-refractivity contribution in [1.29, 1.82) is 0 Å². The molecule has 0 spiro atoms. The number of amides is 2. The lowest BCUT2D eigenvalue weighted by molar-refractivity contribution is -0.137. The number of benzene rings is 1. The maximum atomic E-state index is 13.3. The molecule has 1 fully saturated rings. The van der Waals surface area contributed by atoms with Gasteiger partial charge in [-0.1, -0.05) is 12.1 Å². The fourth-order valence-corrected chi connectivity index (χ4v) is 3.16. The number of hydrogen-bond acceptors (Lipinski definition) is 4. The Hall–Kier alpha value is -2.48. The van der Waals surface area contributed by atoms with Crippen LogP contribution in [0.15, 0.2) is 40.9 Å². The van der Waals surface area contributed by atoms with Gasteiger partial charge in [0.05, 0.1) is 11.1 Å². The minimum atomic E-state index is -0.510. The molecule has 0 bridgehead atoms. The quantitative estimate of drug-likeness (QED) is 0.469. The molecule has 8 heteroatoms. The lowest BCUT2D eigenvalue weighted by atomic mass is 9.98. The van der Waals surface area contributed by atoms with Crippen LogP contribution in [0.5, 0.6) is 0 Å². The van der Waals surface area contributed by atoms with Crippen molar-refractivity contribution < 1.29 is 23.5 Å². The van der Waals surface area contributed by atoms with Crippen LogP contribution in [0, 0.1) is 11.7 Å². The number of ether oxygens (including phenoxy) is 1. The molecule has 0 aliphatic carbocycles. The van der Waals surface area contributed by atoms with Crippen molar-refractivity contribution in [2.45, 2.75) is 25.8 Å². The molecule has 0 saturated carbocycles. The van der Waals surface area contributed by atoms with Gasteiger partial charge in [-0.15, -0.1) is 0 Å². The van der Waals surface area contributed by atoms with Crippen LogP contribution >= 0.6 is 15.9 Å². The molecule has 2 rings (SSSR count). The van der Waals surface area contributed by atoms with Crippen molar-refractivity contribution in [2.24, 2.45) is 5.92 Å². The molecule has 2 amide bonds. The van der Waals surface area contributed by atoms with Gasteiger partial charge in [-0.3, -0.25) is 9.59 Å². The van der Waals surface area contributed by atoms with E-state index in [1.54, 1.807) is 25.1 Å². The lowest BCUT2D eigenvalue weighted by Crippen LogP contribution is -2.35. The molecule has 1 heterocycles. The van der Waals surface area contributed by atoms with Gasteiger partial charge in [0, 0.05) is 30.7 Å². The topological polar surface area (TPSA) is 84.5 Å². The van der Waals surface area contributed by atoms with Gasteiger partial charge < -0.3 is 15.4 Å². The van der Waals surface area contributed by atoms with Gasteiger partial charge in [0.15, 0.2) is 0 Å². The highest BCUT2D eigenvalue weighted by atomic mass is 79.9. The Kier molecular flexibility index (Phi) is 8.38. The highest BCUT2D eigenvalue weighted by Crippen LogP contribution is 2.18. The van der Waals surface area contributed by atoms with E-state index < -0.39 is 17.9 Å². The Morgan fingerprint density at radius 1 is 1.43 bits per heavy atom. The molecule has 28 heavy (non-hydrogen) atoms. The fourth-order valence-electron chi connectivity index (χ4n) is 2.77. The molecular weight excluding hydrogens is 431 g/mol. The molecule has 0 unspecified atom stereocenters. The van der Waals surface area contributed by atoms with E-state index >= 15 is 0 Å². The molecule has 0 aromatic heterocycles. The van der Waals surface area contributed by atoms with Gasteiger partial charge in [0.1, 0.15) is 5.82 Å². The molecule has 1 aliphatic heterocycles. The van der Waals surface area contributed by atoms with E-state index in [0.717, 1.165) is 0 Å². The van der Waals surface area contributed by atoms with Crippen LogP contribution in [0.4, 0.5) is 4.39 Å². The van der Waals surface area contributed by atoms with Gasteiger partial charge in [0.25, 0.3) is 0 Å². The summed E-state index contributed by atoms with van der Waals surface area (Å²) in [6.45, 7) is 2.55. The first-order valence-electron chi connectivity index (χ1n) is 8.95. The summed E-state index contributed by atoms with van der Waals surface area (Å²) in [7, 11) is 0.